The van der Waals surface area contributed by atoms with Gasteiger partial charge >= 0.3 is 0 Å². The highest BCUT2D eigenvalue weighted by molar-refractivity contribution is 7.91. The second-order valence-corrected chi connectivity index (χ2v) is 8.67. The van der Waals surface area contributed by atoms with Crippen LogP contribution in [0.5, 0.6) is 0 Å². The Morgan fingerprint density at radius 3 is 2.61 bits per heavy atom. The molecular formula is C18H29NO3S. The van der Waals surface area contributed by atoms with Gasteiger partial charge in [0.2, 0.25) is 0 Å². The number of sulfone groups is 1. The zero-order valence-electron chi connectivity index (χ0n) is 14.2. The molecule has 1 aromatic rings. The Labute approximate surface area is 140 Å². The van der Waals surface area contributed by atoms with E-state index in [4.69, 9.17) is 0 Å². The van der Waals surface area contributed by atoms with Crippen LogP contribution >= 0.6 is 0 Å². The summed E-state index contributed by atoms with van der Waals surface area (Å²) in [5.74, 6) is 0.168. The molecule has 1 aliphatic rings. The summed E-state index contributed by atoms with van der Waals surface area (Å²) in [5.41, 5.74) is 1.06. The molecule has 1 aliphatic heterocycles. The Bertz CT molecular complexity index is 583. The van der Waals surface area contributed by atoms with Crippen molar-refractivity contribution >= 4 is 9.84 Å². The Balaban J connectivity index is 1.91. The Morgan fingerprint density at radius 2 is 1.96 bits per heavy atom. The monoisotopic (exact) mass is 339 g/mol. The van der Waals surface area contributed by atoms with Gasteiger partial charge in [0.15, 0.2) is 9.84 Å². The first kappa shape index (κ1) is 18.4. The number of aryl methyl sites for hydroxylation is 1. The van der Waals surface area contributed by atoms with Crippen LogP contribution in [-0.4, -0.2) is 49.4 Å². The lowest BCUT2D eigenvalue weighted by atomic mass is 9.96. The van der Waals surface area contributed by atoms with Crippen molar-refractivity contribution in [2.75, 3.05) is 18.8 Å². The average Bonchev–Trinajstić information content (AvgIpc) is 2.55. The summed E-state index contributed by atoms with van der Waals surface area (Å²) in [4.78, 5) is 2.69. The summed E-state index contributed by atoms with van der Waals surface area (Å²) >= 11 is 0. The van der Waals surface area contributed by atoms with Gasteiger partial charge in [0.25, 0.3) is 0 Å². The van der Waals surface area contributed by atoms with Gasteiger partial charge in [-0.25, -0.2) is 8.42 Å². The predicted octanol–water partition coefficient (Wildman–Crippen LogP) is 2.78. The highest BCUT2D eigenvalue weighted by atomic mass is 32.2. The maximum atomic E-state index is 12.4. The number of nitrogens with zero attached hydrogens (tertiary/aromatic N) is 1. The summed E-state index contributed by atoms with van der Waals surface area (Å²) in [6.07, 6.45) is 4.37. The van der Waals surface area contributed by atoms with Gasteiger partial charge in [0.1, 0.15) is 0 Å². The lowest BCUT2D eigenvalue weighted by Gasteiger charge is -2.38. The fourth-order valence-electron chi connectivity index (χ4n) is 3.32. The van der Waals surface area contributed by atoms with Crippen molar-refractivity contribution < 1.29 is 13.5 Å². The molecule has 2 rings (SSSR count). The fraction of sp³-hybridized carbons (Fsp3) is 0.667. The third kappa shape index (κ3) is 5.03. The molecule has 1 saturated heterocycles. The molecule has 0 saturated carbocycles. The van der Waals surface area contributed by atoms with Crippen molar-refractivity contribution in [2.24, 2.45) is 0 Å². The van der Waals surface area contributed by atoms with E-state index in [0.29, 0.717) is 11.3 Å². The van der Waals surface area contributed by atoms with Gasteiger partial charge in [-0.2, -0.15) is 0 Å². The van der Waals surface area contributed by atoms with E-state index >= 15 is 0 Å². The number of rotatable bonds is 7. The molecule has 1 N–H and O–H groups in total. The lowest BCUT2D eigenvalue weighted by Crippen LogP contribution is -2.47. The number of likely N-dealkylation sites (tertiary alicyclic amines) is 1. The largest absolute Gasteiger partial charge is 0.392 e. The first-order chi connectivity index (χ1) is 10.9. The highest BCUT2D eigenvalue weighted by Gasteiger charge is 2.27. The summed E-state index contributed by atoms with van der Waals surface area (Å²) in [6.45, 7) is 5.66. The molecule has 0 amide bonds. The molecule has 1 fully saturated rings. The molecule has 0 aliphatic carbocycles. The summed E-state index contributed by atoms with van der Waals surface area (Å²) in [7, 11) is -3.21. The van der Waals surface area contributed by atoms with Gasteiger partial charge in [-0.05, 0) is 57.8 Å². The van der Waals surface area contributed by atoms with Crippen LogP contribution in [0.25, 0.3) is 0 Å². The van der Waals surface area contributed by atoms with Gasteiger partial charge in [0.05, 0.1) is 16.8 Å². The first-order valence-corrected chi connectivity index (χ1v) is 10.3. The van der Waals surface area contributed by atoms with E-state index < -0.39 is 9.84 Å². The Kier molecular flexibility index (Phi) is 6.62. The number of benzene rings is 1. The number of aliphatic hydroxyl groups is 1. The maximum Gasteiger partial charge on any atom is 0.178 e. The molecule has 0 bridgehead atoms. The number of hydrogen-bond acceptors (Lipinski definition) is 4. The van der Waals surface area contributed by atoms with Crippen LogP contribution in [-0.2, 0) is 9.84 Å². The maximum absolute atomic E-state index is 12.4. The third-order valence-corrected chi connectivity index (χ3v) is 6.58. The van der Waals surface area contributed by atoms with E-state index in [1.807, 2.05) is 26.0 Å². The van der Waals surface area contributed by atoms with Crippen LogP contribution in [0.3, 0.4) is 0 Å². The molecular weight excluding hydrogens is 310 g/mol. The third-order valence-electron chi connectivity index (χ3n) is 4.77. The summed E-state index contributed by atoms with van der Waals surface area (Å²) in [6, 6.07) is 7.25. The molecule has 2 unspecified atom stereocenters. The minimum Gasteiger partial charge on any atom is -0.392 e. The smallest absolute Gasteiger partial charge is 0.178 e. The van der Waals surface area contributed by atoms with E-state index in [1.165, 1.54) is 0 Å². The van der Waals surface area contributed by atoms with Crippen LogP contribution in [0.4, 0.5) is 0 Å². The minimum atomic E-state index is -3.21. The second-order valence-electron chi connectivity index (χ2n) is 6.56. The average molecular weight is 340 g/mol. The number of piperidine rings is 1. The van der Waals surface area contributed by atoms with Crippen LogP contribution < -0.4 is 0 Å². The minimum absolute atomic E-state index is 0.168. The van der Waals surface area contributed by atoms with Crippen molar-refractivity contribution in [2.45, 2.75) is 63.0 Å². The van der Waals surface area contributed by atoms with E-state index in [0.717, 1.165) is 44.3 Å². The van der Waals surface area contributed by atoms with E-state index in [-0.39, 0.29) is 17.9 Å². The molecule has 23 heavy (non-hydrogen) atoms. The van der Waals surface area contributed by atoms with Crippen molar-refractivity contribution in [3.8, 4) is 0 Å². The molecule has 2 atom stereocenters. The Hall–Kier alpha value is -0.910. The molecule has 0 aromatic heterocycles. The number of hydrogen-bond donors (Lipinski definition) is 1. The van der Waals surface area contributed by atoms with Gasteiger partial charge in [-0.1, -0.05) is 31.0 Å². The lowest BCUT2D eigenvalue weighted by molar-refractivity contribution is 0.0243. The van der Waals surface area contributed by atoms with Crippen molar-refractivity contribution in [1.82, 2.24) is 4.90 Å². The normalized spacial score (nSPS) is 21.3. The predicted molar refractivity (Wildman–Crippen MR) is 93.4 cm³/mol. The van der Waals surface area contributed by atoms with E-state index in [9.17, 15) is 13.5 Å². The molecule has 0 radical (unpaired) electrons. The standard InChI is InChI=1S/C18H29NO3S/c1-3-18(20)17-7-4-5-12-19(17)13-6-14-23(21,22)16-10-8-15(2)9-11-16/h8-11,17-18,20H,3-7,12-14H2,1-2H3. The second kappa shape index (κ2) is 8.27. The van der Waals surface area contributed by atoms with Crippen molar-refractivity contribution in [1.29, 1.82) is 0 Å². The molecule has 0 spiro atoms. The number of aliphatic hydroxyl groups excluding tert-OH is 1. The SMILES string of the molecule is CCC(O)C1CCCCN1CCCS(=O)(=O)c1ccc(C)cc1. The quantitative estimate of drug-likeness (QED) is 0.830. The van der Waals surface area contributed by atoms with Gasteiger partial charge in [-0.15, -0.1) is 0 Å². The molecule has 1 heterocycles. The Morgan fingerprint density at radius 1 is 1.26 bits per heavy atom. The van der Waals surface area contributed by atoms with E-state index in [1.54, 1.807) is 12.1 Å². The van der Waals surface area contributed by atoms with E-state index in [2.05, 4.69) is 4.90 Å². The highest BCUT2D eigenvalue weighted by Crippen LogP contribution is 2.22. The van der Waals surface area contributed by atoms with Crippen LogP contribution in [0.15, 0.2) is 29.2 Å². The fourth-order valence-corrected chi connectivity index (χ4v) is 4.62. The summed E-state index contributed by atoms with van der Waals surface area (Å²) < 4.78 is 24.8. The van der Waals surface area contributed by atoms with Crippen LogP contribution in [0.2, 0.25) is 0 Å². The van der Waals surface area contributed by atoms with Gasteiger partial charge in [0, 0.05) is 6.04 Å². The first-order valence-electron chi connectivity index (χ1n) is 8.65. The summed E-state index contributed by atoms with van der Waals surface area (Å²) in [5, 5.41) is 10.2. The molecule has 130 valence electrons. The van der Waals surface area contributed by atoms with Crippen molar-refractivity contribution in [3.05, 3.63) is 29.8 Å². The molecule has 5 heteroatoms. The zero-order valence-corrected chi connectivity index (χ0v) is 15.1. The van der Waals surface area contributed by atoms with Crippen molar-refractivity contribution in [3.63, 3.8) is 0 Å². The topological polar surface area (TPSA) is 57.6 Å². The zero-order chi connectivity index (χ0) is 16.9. The van der Waals surface area contributed by atoms with Crippen LogP contribution in [0.1, 0.15) is 44.6 Å². The van der Waals surface area contributed by atoms with Gasteiger partial charge in [-0.3, -0.25) is 4.90 Å². The van der Waals surface area contributed by atoms with Gasteiger partial charge < -0.3 is 5.11 Å². The molecule has 1 aromatic carbocycles. The molecule has 4 nitrogen and oxygen atoms in total. The van der Waals surface area contributed by atoms with Crippen LogP contribution in [0, 0.1) is 6.92 Å².